The third-order valence-electron chi connectivity index (χ3n) is 3.80. The van der Waals surface area contributed by atoms with Crippen molar-refractivity contribution < 1.29 is 4.79 Å². The summed E-state index contributed by atoms with van der Waals surface area (Å²) >= 11 is 1.45. The predicted octanol–water partition coefficient (Wildman–Crippen LogP) is 4.39. The molecule has 0 bridgehead atoms. The van der Waals surface area contributed by atoms with Gasteiger partial charge in [0.2, 0.25) is 0 Å². The monoisotopic (exact) mass is 364 g/mol. The Kier molecular flexibility index (Phi) is 5.23. The zero-order chi connectivity index (χ0) is 18.7. The van der Waals surface area contributed by atoms with Crippen LogP contribution in [0, 0.1) is 20.8 Å². The summed E-state index contributed by atoms with van der Waals surface area (Å²) < 4.78 is 0. The summed E-state index contributed by atoms with van der Waals surface area (Å²) in [5.74, 6) is 0.577. The van der Waals surface area contributed by atoms with Crippen LogP contribution in [0.3, 0.4) is 0 Å². The lowest BCUT2D eigenvalue weighted by Crippen LogP contribution is -2.15. The maximum atomic E-state index is 12.6. The molecule has 6 heteroatoms. The fourth-order valence-electron chi connectivity index (χ4n) is 2.37. The van der Waals surface area contributed by atoms with Gasteiger partial charge in [0, 0.05) is 10.5 Å². The molecule has 0 aliphatic heterocycles. The van der Waals surface area contributed by atoms with Crippen LogP contribution in [0.15, 0.2) is 58.5 Å². The van der Waals surface area contributed by atoms with E-state index in [4.69, 9.17) is 5.73 Å². The standard InChI is InChI=1S/C20H20N4OS/c1-12-4-8-15(9-5-12)19(25)24-17-18(21)22-14(3)23-20(17)26-16-10-6-13(2)7-11-16/h4-11H,1-3H3,(H,24,25)(H2,21,22,23). The van der Waals surface area contributed by atoms with Crippen molar-refractivity contribution in [2.24, 2.45) is 0 Å². The molecule has 1 amide bonds. The zero-order valence-electron chi connectivity index (χ0n) is 14.9. The predicted molar refractivity (Wildman–Crippen MR) is 106 cm³/mol. The third-order valence-corrected chi connectivity index (χ3v) is 4.80. The fourth-order valence-corrected chi connectivity index (χ4v) is 3.30. The van der Waals surface area contributed by atoms with Gasteiger partial charge in [0.15, 0.2) is 5.82 Å². The average Bonchev–Trinajstić information content (AvgIpc) is 2.60. The highest BCUT2D eigenvalue weighted by molar-refractivity contribution is 7.99. The minimum absolute atomic E-state index is 0.241. The largest absolute Gasteiger partial charge is 0.382 e. The molecule has 0 atom stereocenters. The Bertz CT molecular complexity index is 937. The van der Waals surface area contributed by atoms with Crippen molar-refractivity contribution in [3.8, 4) is 0 Å². The quantitative estimate of drug-likeness (QED) is 0.671. The van der Waals surface area contributed by atoms with Crippen molar-refractivity contribution in [1.29, 1.82) is 0 Å². The van der Waals surface area contributed by atoms with Gasteiger partial charge in [-0.15, -0.1) is 0 Å². The third kappa shape index (κ3) is 4.21. The second-order valence-corrected chi connectivity index (χ2v) is 7.13. The van der Waals surface area contributed by atoms with E-state index >= 15 is 0 Å². The molecule has 132 valence electrons. The molecule has 0 saturated heterocycles. The number of aryl methyl sites for hydroxylation is 3. The van der Waals surface area contributed by atoms with Crippen LogP contribution in [0.4, 0.5) is 11.5 Å². The molecule has 26 heavy (non-hydrogen) atoms. The normalized spacial score (nSPS) is 10.6. The molecule has 1 heterocycles. The van der Waals surface area contributed by atoms with Gasteiger partial charge in [0.25, 0.3) is 5.91 Å². The highest BCUT2D eigenvalue weighted by Crippen LogP contribution is 2.35. The van der Waals surface area contributed by atoms with E-state index in [-0.39, 0.29) is 11.7 Å². The van der Waals surface area contributed by atoms with Gasteiger partial charge in [-0.3, -0.25) is 4.79 Å². The van der Waals surface area contributed by atoms with Crippen LogP contribution in [0.2, 0.25) is 0 Å². The van der Waals surface area contributed by atoms with Gasteiger partial charge in [-0.2, -0.15) is 0 Å². The van der Waals surface area contributed by atoms with E-state index in [2.05, 4.69) is 15.3 Å². The topological polar surface area (TPSA) is 80.9 Å². The molecule has 5 nitrogen and oxygen atoms in total. The number of carbonyl (C=O) groups excluding carboxylic acids is 1. The smallest absolute Gasteiger partial charge is 0.255 e. The summed E-state index contributed by atoms with van der Waals surface area (Å²) in [5, 5.41) is 3.49. The number of hydrogen-bond acceptors (Lipinski definition) is 5. The van der Waals surface area contributed by atoms with E-state index in [0.29, 0.717) is 22.1 Å². The molecule has 0 spiro atoms. The van der Waals surface area contributed by atoms with Crippen LogP contribution >= 0.6 is 11.8 Å². The number of benzene rings is 2. The Morgan fingerprint density at radius 1 is 0.923 bits per heavy atom. The summed E-state index contributed by atoms with van der Waals surface area (Å²) in [5.41, 5.74) is 9.34. The van der Waals surface area contributed by atoms with Crippen molar-refractivity contribution in [3.05, 3.63) is 71.0 Å². The van der Waals surface area contributed by atoms with E-state index < -0.39 is 0 Å². The minimum atomic E-state index is -0.241. The first-order valence-corrected chi connectivity index (χ1v) is 9.00. The van der Waals surface area contributed by atoms with Crippen LogP contribution in [-0.2, 0) is 0 Å². The summed E-state index contributed by atoms with van der Waals surface area (Å²) in [6, 6.07) is 15.4. The van der Waals surface area contributed by atoms with Crippen molar-refractivity contribution in [2.45, 2.75) is 30.7 Å². The molecular formula is C20H20N4OS. The van der Waals surface area contributed by atoms with E-state index in [1.807, 2.05) is 50.2 Å². The number of nitrogens with one attached hydrogen (secondary N) is 1. The Morgan fingerprint density at radius 3 is 2.12 bits per heavy atom. The fraction of sp³-hybridized carbons (Fsp3) is 0.150. The second kappa shape index (κ2) is 7.58. The first-order chi connectivity index (χ1) is 12.4. The molecule has 0 saturated carbocycles. The first kappa shape index (κ1) is 17.9. The Morgan fingerprint density at radius 2 is 1.50 bits per heavy atom. The lowest BCUT2D eigenvalue weighted by Gasteiger charge is -2.13. The summed E-state index contributed by atoms with van der Waals surface area (Å²) in [6.45, 7) is 5.79. The van der Waals surface area contributed by atoms with Crippen molar-refractivity contribution in [1.82, 2.24) is 9.97 Å². The molecule has 0 aliphatic carbocycles. The number of nitrogens with zero attached hydrogens (tertiary/aromatic N) is 2. The number of nitrogens with two attached hydrogens (primary N) is 1. The van der Waals surface area contributed by atoms with Crippen LogP contribution in [-0.4, -0.2) is 15.9 Å². The summed E-state index contributed by atoms with van der Waals surface area (Å²) in [7, 11) is 0. The van der Waals surface area contributed by atoms with Crippen molar-refractivity contribution in [3.63, 3.8) is 0 Å². The Balaban J connectivity index is 1.91. The maximum absolute atomic E-state index is 12.6. The van der Waals surface area contributed by atoms with Gasteiger partial charge in [-0.1, -0.05) is 47.2 Å². The van der Waals surface area contributed by atoms with Gasteiger partial charge in [0.05, 0.1) is 0 Å². The number of carbonyl (C=O) groups is 1. The minimum Gasteiger partial charge on any atom is -0.382 e. The molecule has 3 rings (SSSR count). The lowest BCUT2D eigenvalue weighted by atomic mass is 10.1. The van der Waals surface area contributed by atoms with Crippen molar-refractivity contribution in [2.75, 3.05) is 11.1 Å². The molecule has 3 N–H and O–H groups in total. The van der Waals surface area contributed by atoms with E-state index in [1.54, 1.807) is 19.1 Å². The van der Waals surface area contributed by atoms with Crippen LogP contribution in [0.25, 0.3) is 0 Å². The summed E-state index contributed by atoms with van der Waals surface area (Å²) in [4.78, 5) is 22.3. The highest BCUT2D eigenvalue weighted by Gasteiger charge is 2.16. The second-order valence-electron chi connectivity index (χ2n) is 6.07. The molecule has 3 aromatic rings. The molecule has 0 unspecified atom stereocenters. The SMILES string of the molecule is Cc1ccc(Sc2nc(C)nc(N)c2NC(=O)c2ccc(C)cc2)cc1. The number of hydrogen-bond donors (Lipinski definition) is 2. The molecule has 0 radical (unpaired) electrons. The first-order valence-electron chi connectivity index (χ1n) is 8.19. The zero-order valence-corrected chi connectivity index (χ0v) is 15.7. The Labute approximate surface area is 157 Å². The van der Waals surface area contributed by atoms with Gasteiger partial charge in [-0.05, 0) is 45.0 Å². The lowest BCUT2D eigenvalue weighted by molar-refractivity contribution is 0.102. The molecule has 0 aliphatic rings. The highest BCUT2D eigenvalue weighted by atomic mass is 32.2. The van der Waals surface area contributed by atoms with E-state index in [1.165, 1.54) is 17.3 Å². The van der Waals surface area contributed by atoms with Gasteiger partial charge in [0.1, 0.15) is 16.5 Å². The Hall–Kier alpha value is -2.86. The molecule has 1 aromatic heterocycles. The number of aromatic nitrogens is 2. The van der Waals surface area contributed by atoms with E-state index in [9.17, 15) is 4.79 Å². The number of nitrogen functional groups attached to an aromatic ring is 1. The van der Waals surface area contributed by atoms with Crippen LogP contribution < -0.4 is 11.1 Å². The van der Waals surface area contributed by atoms with E-state index in [0.717, 1.165) is 10.5 Å². The number of rotatable bonds is 4. The molecular weight excluding hydrogens is 344 g/mol. The van der Waals surface area contributed by atoms with Gasteiger partial charge in [-0.25, -0.2) is 9.97 Å². The van der Waals surface area contributed by atoms with Gasteiger partial charge < -0.3 is 11.1 Å². The average molecular weight is 364 g/mol. The maximum Gasteiger partial charge on any atom is 0.255 e. The van der Waals surface area contributed by atoms with Crippen molar-refractivity contribution >= 4 is 29.2 Å². The summed E-state index contributed by atoms with van der Waals surface area (Å²) in [6.07, 6.45) is 0. The molecule has 0 fully saturated rings. The van der Waals surface area contributed by atoms with Crippen LogP contribution in [0.5, 0.6) is 0 Å². The van der Waals surface area contributed by atoms with Gasteiger partial charge >= 0.3 is 0 Å². The number of amides is 1. The van der Waals surface area contributed by atoms with Crippen LogP contribution in [0.1, 0.15) is 27.3 Å². The number of anilines is 2. The molecule has 2 aromatic carbocycles.